The van der Waals surface area contributed by atoms with Gasteiger partial charge in [-0.05, 0) is 79.1 Å². The molecule has 222 valence electrons. The maximum absolute atomic E-state index is 14.5. The lowest BCUT2D eigenvalue weighted by Gasteiger charge is -2.68. The molecule has 1 unspecified atom stereocenters. The number of carbonyl (C=O) groups is 4. The Balaban J connectivity index is 1.60. The highest BCUT2D eigenvalue weighted by Gasteiger charge is 2.70. The van der Waals surface area contributed by atoms with Crippen LogP contribution < -0.4 is 10.9 Å². The number of allylic oxidation sites excluding steroid dienone is 4. The number of nitrogens with one attached hydrogen (secondary N) is 2. The van der Waals surface area contributed by atoms with E-state index < -0.39 is 22.2 Å². The van der Waals surface area contributed by atoms with E-state index in [9.17, 15) is 24.4 Å². The van der Waals surface area contributed by atoms with Gasteiger partial charge in [0, 0.05) is 24.4 Å². The van der Waals surface area contributed by atoms with E-state index in [2.05, 4.69) is 51.5 Å². The summed E-state index contributed by atoms with van der Waals surface area (Å²) in [6.45, 7) is 12.9. The van der Waals surface area contributed by atoms with Crippen LogP contribution in [-0.2, 0) is 23.9 Å². The van der Waals surface area contributed by atoms with E-state index >= 15 is 0 Å². The Morgan fingerprint density at radius 1 is 1.02 bits per heavy atom. The molecule has 8 atom stereocenters. The second-order valence-corrected chi connectivity index (χ2v) is 15.0. The normalized spacial score (nSPS) is 42.7. The molecule has 0 aromatic carbocycles. The van der Waals surface area contributed by atoms with E-state index in [0.717, 1.165) is 31.3 Å². The lowest BCUT2D eigenvalue weighted by Crippen LogP contribution is -2.66. The molecule has 0 heterocycles. The Morgan fingerprint density at radius 2 is 1.71 bits per heavy atom. The lowest BCUT2D eigenvalue weighted by molar-refractivity contribution is -0.178. The third-order valence-corrected chi connectivity index (χ3v) is 12.6. The van der Waals surface area contributed by atoms with Gasteiger partial charge in [-0.1, -0.05) is 53.2 Å². The molecule has 0 saturated heterocycles. The third kappa shape index (κ3) is 4.09. The van der Waals surface area contributed by atoms with E-state index in [1.54, 1.807) is 0 Å². The maximum atomic E-state index is 14.5. The molecule has 3 saturated carbocycles. The van der Waals surface area contributed by atoms with Crippen molar-refractivity contribution in [2.45, 2.75) is 86.5 Å². The molecule has 5 aliphatic carbocycles. The number of ketones is 2. The molecular formula is C33H45N3O5. The smallest absolute Gasteiger partial charge is 0.264 e. The van der Waals surface area contributed by atoms with Gasteiger partial charge < -0.3 is 4.74 Å². The van der Waals surface area contributed by atoms with Crippen LogP contribution in [0.3, 0.4) is 0 Å². The SMILES string of the molecule is COCC(=O)NNC(=O)[C@]12CCC(C)(C)CC1[C@@H]1C(=O)C=C3[C@@]4(C)C=C(C#N)C(=O)[C@@H](C)[C@@H]4CC[C@@]3(C)[C@]1(C)CC2. The summed E-state index contributed by atoms with van der Waals surface area (Å²) < 4.78 is 4.89. The predicted octanol–water partition coefficient (Wildman–Crippen LogP) is 4.61. The highest BCUT2D eigenvalue weighted by Crippen LogP contribution is 2.73. The Morgan fingerprint density at radius 3 is 2.37 bits per heavy atom. The fourth-order valence-electron chi connectivity index (χ4n) is 10.1. The molecule has 0 bridgehead atoms. The minimum Gasteiger partial charge on any atom is -0.375 e. The largest absolute Gasteiger partial charge is 0.375 e. The zero-order valence-corrected chi connectivity index (χ0v) is 25.6. The Bertz CT molecular complexity index is 1310. The molecule has 5 rings (SSSR count). The van der Waals surface area contributed by atoms with Crippen molar-refractivity contribution in [2.75, 3.05) is 13.7 Å². The molecule has 0 spiro atoms. The van der Waals surface area contributed by atoms with Crippen molar-refractivity contribution < 1.29 is 23.9 Å². The fraction of sp³-hybridized carbons (Fsp3) is 0.727. The number of hydrazine groups is 1. The number of nitriles is 1. The standard InChI is InChI=1S/C33H45N3O5/c1-19-21-8-9-31(5)24(30(21,4)15-20(17-34)27(19)39)14-23(37)26-22-16-29(2,3)10-12-33(22,13-11-32(26,31)6)28(40)36-35-25(38)18-41-7/h14-15,19,21-22,26H,8-13,16,18H2,1-7H3,(H,35,38)(H,36,40)/t19-,21-,22?,26+,30-,31+,32+,33-/m0/s1. The zero-order chi connectivity index (χ0) is 30.2. The van der Waals surface area contributed by atoms with Gasteiger partial charge in [-0.3, -0.25) is 30.0 Å². The summed E-state index contributed by atoms with van der Waals surface area (Å²) in [6.07, 6.45) is 9.03. The van der Waals surface area contributed by atoms with Gasteiger partial charge in [-0.25, -0.2) is 0 Å². The molecular weight excluding hydrogens is 518 g/mol. The molecule has 41 heavy (non-hydrogen) atoms. The van der Waals surface area contributed by atoms with Crippen LogP contribution in [0.25, 0.3) is 0 Å². The van der Waals surface area contributed by atoms with E-state index in [4.69, 9.17) is 4.74 Å². The van der Waals surface area contributed by atoms with Gasteiger partial charge >= 0.3 is 0 Å². The van der Waals surface area contributed by atoms with Crippen LogP contribution in [0.1, 0.15) is 86.5 Å². The van der Waals surface area contributed by atoms with Gasteiger partial charge in [0.15, 0.2) is 11.6 Å². The van der Waals surface area contributed by atoms with Crippen LogP contribution in [0.2, 0.25) is 0 Å². The van der Waals surface area contributed by atoms with E-state index in [1.807, 2.05) is 19.1 Å². The molecule has 8 nitrogen and oxygen atoms in total. The van der Waals surface area contributed by atoms with E-state index in [0.29, 0.717) is 19.3 Å². The summed E-state index contributed by atoms with van der Waals surface area (Å²) in [7, 11) is 1.43. The highest BCUT2D eigenvalue weighted by molar-refractivity contribution is 6.02. The molecule has 5 aliphatic rings. The van der Waals surface area contributed by atoms with E-state index in [1.165, 1.54) is 7.11 Å². The first-order valence-electron chi connectivity index (χ1n) is 15.1. The summed E-state index contributed by atoms with van der Waals surface area (Å²) in [5, 5.41) is 9.80. The quantitative estimate of drug-likeness (QED) is 0.483. The topological polar surface area (TPSA) is 125 Å². The monoisotopic (exact) mass is 563 g/mol. The van der Waals surface area contributed by atoms with Gasteiger partial charge in [0.1, 0.15) is 12.7 Å². The second-order valence-electron chi connectivity index (χ2n) is 15.0. The number of Topliss-reactive ketones (excluding diaryl/α,β-unsaturated/α-hetero) is 1. The van der Waals surface area contributed by atoms with E-state index in [-0.39, 0.29) is 64.2 Å². The summed E-state index contributed by atoms with van der Waals surface area (Å²) in [6, 6.07) is 2.14. The Kier molecular flexibility index (Phi) is 6.97. The number of nitrogens with zero attached hydrogens (tertiary/aromatic N) is 1. The minimum absolute atomic E-state index is 0.0234. The number of hydrogen-bond donors (Lipinski definition) is 2. The summed E-state index contributed by atoms with van der Waals surface area (Å²) in [5.74, 6) is -1.43. The molecule has 2 N–H and O–H groups in total. The number of rotatable bonds is 3. The zero-order valence-electron chi connectivity index (χ0n) is 25.6. The number of methoxy groups -OCH3 is 1. The van der Waals surface area contributed by atoms with Crippen molar-refractivity contribution in [3.05, 3.63) is 23.3 Å². The number of hydrogen-bond acceptors (Lipinski definition) is 6. The lowest BCUT2D eigenvalue weighted by atomic mass is 9.35. The first kappa shape index (κ1) is 29.7. The van der Waals surface area contributed by atoms with Crippen molar-refractivity contribution in [1.82, 2.24) is 10.9 Å². The first-order valence-corrected chi connectivity index (χ1v) is 15.1. The maximum Gasteiger partial charge on any atom is 0.264 e. The van der Waals surface area contributed by atoms with Crippen LogP contribution in [0.4, 0.5) is 0 Å². The molecule has 2 amide bonds. The van der Waals surface area contributed by atoms with Crippen LogP contribution in [0.15, 0.2) is 23.3 Å². The summed E-state index contributed by atoms with van der Waals surface area (Å²) in [4.78, 5) is 53.5. The summed E-state index contributed by atoms with van der Waals surface area (Å²) >= 11 is 0. The molecule has 0 radical (unpaired) electrons. The van der Waals surface area contributed by atoms with Gasteiger partial charge in [-0.2, -0.15) is 5.26 Å². The Hall–Kier alpha value is -2.79. The number of amides is 2. The van der Waals surface area contributed by atoms with Crippen molar-refractivity contribution >= 4 is 23.4 Å². The first-order chi connectivity index (χ1) is 19.1. The van der Waals surface area contributed by atoms with Crippen LogP contribution in [0, 0.1) is 62.1 Å². The summed E-state index contributed by atoms with van der Waals surface area (Å²) in [5.41, 5.74) is 4.39. The predicted molar refractivity (Wildman–Crippen MR) is 152 cm³/mol. The Labute approximate surface area is 243 Å². The number of carbonyl (C=O) groups excluding carboxylic acids is 4. The van der Waals surface area contributed by atoms with Crippen LogP contribution >= 0.6 is 0 Å². The van der Waals surface area contributed by atoms with Gasteiger partial charge in [0.2, 0.25) is 5.91 Å². The minimum atomic E-state index is -0.752. The molecule has 0 aliphatic heterocycles. The van der Waals surface area contributed by atoms with Crippen molar-refractivity contribution in [3.63, 3.8) is 0 Å². The van der Waals surface area contributed by atoms with Crippen molar-refractivity contribution in [1.29, 1.82) is 5.26 Å². The van der Waals surface area contributed by atoms with Gasteiger partial charge in [0.25, 0.3) is 5.91 Å². The number of ether oxygens (including phenoxy) is 1. The number of fused-ring (bicyclic) bond motifs is 7. The molecule has 3 fully saturated rings. The molecule has 0 aromatic heterocycles. The average Bonchev–Trinajstić information content (AvgIpc) is 2.90. The van der Waals surface area contributed by atoms with Crippen LogP contribution in [0.5, 0.6) is 0 Å². The highest BCUT2D eigenvalue weighted by atomic mass is 16.5. The third-order valence-electron chi connectivity index (χ3n) is 12.6. The van der Waals surface area contributed by atoms with Crippen molar-refractivity contribution in [3.8, 4) is 6.07 Å². The molecule has 0 aromatic rings. The van der Waals surface area contributed by atoms with Gasteiger partial charge in [0.05, 0.1) is 11.0 Å². The van der Waals surface area contributed by atoms with Gasteiger partial charge in [-0.15, -0.1) is 0 Å². The average molecular weight is 564 g/mol. The fourth-order valence-corrected chi connectivity index (χ4v) is 10.1. The second kappa shape index (κ2) is 9.62. The van der Waals surface area contributed by atoms with Crippen molar-refractivity contribution in [2.24, 2.45) is 50.7 Å². The molecule has 8 heteroatoms. The van der Waals surface area contributed by atoms with Crippen LogP contribution in [-0.4, -0.2) is 37.1 Å².